The smallest absolute Gasteiger partial charge is 0.321 e. The molecule has 0 spiro atoms. The molecule has 2 atom stereocenters. The Balaban J connectivity index is 2.01. The van der Waals surface area contributed by atoms with Crippen LogP contribution in [0.25, 0.3) is 0 Å². The number of carbonyl (C=O) groups excluding carboxylic acids is 1. The van der Waals surface area contributed by atoms with Crippen molar-refractivity contribution in [2.45, 2.75) is 36.2 Å². The molecule has 0 aromatic carbocycles. The first-order valence-electron chi connectivity index (χ1n) is 5.79. The molecule has 5 heteroatoms. The molecule has 1 aliphatic heterocycles. The molecule has 1 aliphatic carbocycles. The highest BCUT2D eigenvalue weighted by Gasteiger charge is 2.43. The zero-order valence-corrected chi connectivity index (χ0v) is 10.3. The number of ether oxygens (including phenoxy) is 2. The van der Waals surface area contributed by atoms with Crippen LogP contribution in [0.3, 0.4) is 0 Å². The van der Waals surface area contributed by atoms with E-state index in [1.807, 2.05) is 0 Å². The van der Waals surface area contributed by atoms with Gasteiger partial charge in [-0.05, 0) is 31.6 Å². The molecule has 16 heavy (non-hydrogen) atoms. The number of esters is 1. The van der Waals surface area contributed by atoms with E-state index in [0.29, 0.717) is 13.2 Å². The molecule has 0 radical (unpaired) electrons. The van der Waals surface area contributed by atoms with E-state index in [2.05, 4.69) is 0 Å². The third-order valence-corrected chi connectivity index (χ3v) is 5.44. The molecule has 1 saturated carbocycles. The summed E-state index contributed by atoms with van der Waals surface area (Å²) in [4.78, 5) is 11.6. The molecular weight excluding hydrogens is 228 g/mol. The lowest BCUT2D eigenvalue weighted by Crippen LogP contribution is -2.37. The quantitative estimate of drug-likeness (QED) is 0.691. The van der Waals surface area contributed by atoms with E-state index in [-0.39, 0.29) is 17.1 Å². The molecule has 92 valence electrons. The Morgan fingerprint density at radius 2 is 1.94 bits per heavy atom. The molecule has 2 fully saturated rings. The average molecular weight is 246 g/mol. The summed E-state index contributed by atoms with van der Waals surface area (Å²) in [7, 11) is 0.278. The highest BCUT2D eigenvalue weighted by molar-refractivity contribution is 7.87. The molecule has 0 aromatic heterocycles. The van der Waals surface area contributed by atoms with E-state index in [1.165, 1.54) is 7.11 Å². The van der Waals surface area contributed by atoms with Gasteiger partial charge in [-0.1, -0.05) is 0 Å². The van der Waals surface area contributed by atoms with Gasteiger partial charge in [-0.25, -0.2) is 0 Å². The Labute approximate surface area is 98.1 Å². The minimum absolute atomic E-state index is 0.110. The predicted octanol–water partition coefficient (Wildman–Crippen LogP) is 0.866. The zero-order chi connectivity index (χ0) is 11.5. The molecule has 1 heterocycles. The van der Waals surface area contributed by atoms with Gasteiger partial charge in [0.2, 0.25) is 0 Å². The van der Waals surface area contributed by atoms with Crippen LogP contribution in [0.5, 0.6) is 0 Å². The minimum atomic E-state index is -1.10. The van der Waals surface area contributed by atoms with Gasteiger partial charge >= 0.3 is 5.97 Å². The maximum absolute atomic E-state index is 12.3. The lowest BCUT2D eigenvalue weighted by Gasteiger charge is -2.25. The van der Waals surface area contributed by atoms with Gasteiger partial charge in [-0.3, -0.25) is 9.00 Å². The van der Waals surface area contributed by atoms with E-state index < -0.39 is 16.0 Å². The van der Waals surface area contributed by atoms with Crippen molar-refractivity contribution in [3.63, 3.8) is 0 Å². The fourth-order valence-electron chi connectivity index (χ4n) is 2.11. The highest BCUT2D eigenvalue weighted by atomic mass is 32.2. The Hall–Kier alpha value is -0.420. The molecule has 1 saturated heterocycles. The molecule has 0 aromatic rings. The van der Waals surface area contributed by atoms with Crippen LogP contribution < -0.4 is 0 Å². The molecule has 0 bridgehead atoms. The fourth-order valence-corrected chi connectivity index (χ4v) is 4.12. The van der Waals surface area contributed by atoms with Crippen LogP contribution in [0.15, 0.2) is 0 Å². The summed E-state index contributed by atoms with van der Waals surface area (Å²) in [6, 6.07) is 0. The van der Waals surface area contributed by atoms with Crippen molar-refractivity contribution in [3.05, 3.63) is 0 Å². The molecule has 0 N–H and O–H groups in total. The maximum Gasteiger partial charge on any atom is 0.321 e. The Bertz CT molecular complexity index is 282. The van der Waals surface area contributed by atoms with Crippen molar-refractivity contribution in [3.8, 4) is 0 Å². The van der Waals surface area contributed by atoms with Gasteiger partial charge in [0, 0.05) is 29.3 Å². The Morgan fingerprint density at radius 3 is 2.44 bits per heavy atom. The van der Waals surface area contributed by atoms with Crippen molar-refractivity contribution < 1.29 is 18.5 Å². The van der Waals surface area contributed by atoms with E-state index in [0.717, 1.165) is 25.7 Å². The maximum atomic E-state index is 12.3. The van der Waals surface area contributed by atoms with Crippen molar-refractivity contribution in [2.75, 3.05) is 20.3 Å². The lowest BCUT2D eigenvalue weighted by molar-refractivity contribution is -0.140. The zero-order valence-electron chi connectivity index (χ0n) is 9.52. The van der Waals surface area contributed by atoms with Crippen molar-refractivity contribution in [1.82, 2.24) is 0 Å². The van der Waals surface area contributed by atoms with Gasteiger partial charge < -0.3 is 9.47 Å². The second kappa shape index (κ2) is 5.27. The number of hydrogen-bond donors (Lipinski definition) is 0. The fraction of sp³-hybridized carbons (Fsp3) is 0.909. The third-order valence-electron chi connectivity index (χ3n) is 3.23. The largest absolute Gasteiger partial charge is 0.468 e. The number of methoxy groups -OCH3 is 1. The first-order chi connectivity index (χ1) is 7.74. The summed E-state index contributed by atoms with van der Waals surface area (Å²) in [5, 5.41) is -0.286. The molecule has 0 amide bonds. The van der Waals surface area contributed by atoms with E-state index >= 15 is 0 Å². The minimum Gasteiger partial charge on any atom is -0.468 e. The average Bonchev–Trinajstić information content (AvgIpc) is 3.14. The molecule has 4 nitrogen and oxygen atoms in total. The van der Waals surface area contributed by atoms with Crippen LogP contribution >= 0.6 is 0 Å². The summed E-state index contributed by atoms with van der Waals surface area (Å²) < 4.78 is 22.3. The van der Waals surface area contributed by atoms with E-state index in [9.17, 15) is 9.00 Å². The van der Waals surface area contributed by atoms with Crippen molar-refractivity contribution in [2.24, 2.45) is 5.92 Å². The van der Waals surface area contributed by atoms with E-state index in [4.69, 9.17) is 9.47 Å². The van der Waals surface area contributed by atoms with Crippen LogP contribution in [0, 0.1) is 5.92 Å². The van der Waals surface area contributed by atoms with Crippen molar-refractivity contribution >= 4 is 16.8 Å². The van der Waals surface area contributed by atoms with Gasteiger partial charge in [-0.2, -0.15) is 0 Å². The highest BCUT2D eigenvalue weighted by Crippen LogP contribution is 2.37. The van der Waals surface area contributed by atoms with Crippen molar-refractivity contribution in [1.29, 1.82) is 0 Å². The molecule has 2 rings (SSSR count). The number of hydrogen-bond acceptors (Lipinski definition) is 4. The summed E-state index contributed by atoms with van der Waals surface area (Å²) in [5.41, 5.74) is 0. The number of rotatable bonds is 4. The van der Waals surface area contributed by atoms with Gasteiger partial charge in [0.25, 0.3) is 0 Å². The summed E-state index contributed by atoms with van der Waals surface area (Å²) in [5.74, 6) is -0.0107. The van der Waals surface area contributed by atoms with E-state index in [1.54, 1.807) is 0 Å². The second-order valence-corrected chi connectivity index (χ2v) is 6.25. The third kappa shape index (κ3) is 2.63. The van der Waals surface area contributed by atoms with Crippen LogP contribution in [0.1, 0.15) is 25.7 Å². The monoisotopic (exact) mass is 246 g/mol. The van der Waals surface area contributed by atoms with Gasteiger partial charge in [-0.15, -0.1) is 0 Å². The summed E-state index contributed by atoms with van der Waals surface area (Å²) in [6.45, 7) is 1.32. The molecular formula is C11H18O4S. The summed E-state index contributed by atoms with van der Waals surface area (Å²) >= 11 is 0. The predicted molar refractivity (Wildman–Crippen MR) is 60.5 cm³/mol. The SMILES string of the molecule is COC(=O)C(C1CC1)S(=O)C1CCOCC1. The normalized spacial score (nSPS) is 26.1. The first-order valence-corrected chi connectivity index (χ1v) is 7.06. The Kier molecular flexibility index (Phi) is 3.97. The topological polar surface area (TPSA) is 52.6 Å². The van der Waals surface area contributed by atoms with Crippen LogP contribution in [0.2, 0.25) is 0 Å². The number of carbonyl (C=O) groups is 1. The van der Waals surface area contributed by atoms with Gasteiger partial charge in [0.1, 0.15) is 5.25 Å². The van der Waals surface area contributed by atoms with Crippen LogP contribution in [-0.2, 0) is 25.1 Å². The second-order valence-electron chi connectivity index (χ2n) is 4.42. The first kappa shape index (κ1) is 12.0. The molecule has 2 aliphatic rings. The Morgan fingerprint density at radius 1 is 1.31 bits per heavy atom. The van der Waals surface area contributed by atoms with Crippen LogP contribution in [-0.4, -0.2) is 41.0 Å². The van der Waals surface area contributed by atoms with Crippen LogP contribution in [0.4, 0.5) is 0 Å². The molecule has 2 unspecified atom stereocenters. The van der Waals surface area contributed by atoms with Gasteiger partial charge in [0.15, 0.2) is 0 Å². The summed E-state index contributed by atoms with van der Waals surface area (Å²) in [6.07, 6.45) is 3.61. The van der Waals surface area contributed by atoms with Gasteiger partial charge in [0.05, 0.1) is 7.11 Å². The lowest BCUT2D eigenvalue weighted by atomic mass is 10.2. The standard InChI is InChI=1S/C11H18O4S/c1-14-11(12)10(8-2-3-8)16(13)9-4-6-15-7-5-9/h8-10H,2-7H2,1H3.